The molecule has 0 atom stereocenters. The van der Waals surface area contributed by atoms with Gasteiger partial charge in [-0.15, -0.1) is 11.3 Å². The van der Waals surface area contributed by atoms with Crippen molar-refractivity contribution in [1.82, 2.24) is 9.97 Å². The van der Waals surface area contributed by atoms with Crippen LogP contribution in [0.2, 0.25) is 0 Å². The van der Waals surface area contributed by atoms with Gasteiger partial charge in [0.15, 0.2) is 0 Å². The number of anilines is 2. The fourth-order valence-electron chi connectivity index (χ4n) is 1.88. The van der Waals surface area contributed by atoms with Gasteiger partial charge in [-0.3, -0.25) is 0 Å². The number of aryl methyl sites for hydroxylation is 1. The third-order valence-corrected chi connectivity index (χ3v) is 3.48. The predicted molar refractivity (Wildman–Crippen MR) is 76.6 cm³/mol. The molecule has 0 fully saturated rings. The quantitative estimate of drug-likeness (QED) is 0.769. The Kier molecular flexibility index (Phi) is 2.86. The number of pyridine rings is 1. The van der Waals surface area contributed by atoms with Crippen molar-refractivity contribution in [3.8, 4) is 6.07 Å². The zero-order valence-electron chi connectivity index (χ0n) is 10.2. The first-order chi connectivity index (χ1) is 9.24. The predicted octanol–water partition coefficient (Wildman–Crippen LogP) is 3.62. The van der Waals surface area contributed by atoms with Crippen LogP contribution < -0.4 is 5.32 Å². The van der Waals surface area contributed by atoms with Crippen molar-refractivity contribution < 1.29 is 0 Å². The lowest BCUT2D eigenvalue weighted by Crippen LogP contribution is -1.96. The van der Waals surface area contributed by atoms with Crippen LogP contribution in [0.15, 0.2) is 35.8 Å². The maximum atomic E-state index is 8.95. The highest BCUT2D eigenvalue weighted by atomic mass is 32.1. The van der Waals surface area contributed by atoms with Gasteiger partial charge >= 0.3 is 0 Å². The Morgan fingerprint density at radius 3 is 3.00 bits per heavy atom. The van der Waals surface area contributed by atoms with Crippen molar-refractivity contribution >= 4 is 33.1 Å². The molecule has 1 aromatic carbocycles. The van der Waals surface area contributed by atoms with E-state index in [2.05, 4.69) is 21.4 Å². The molecule has 4 nitrogen and oxygen atoms in total. The minimum Gasteiger partial charge on any atom is -0.340 e. The molecule has 3 aromatic rings. The molecular weight excluding hydrogens is 256 g/mol. The summed E-state index contributed by atoms with van der Waals surface area (Å²) in [5.74, 6) is 0.681. The molecule has 2 aromatic heterocycles. The first-order valence-corrected chi connectivity index (χ1v) is 6.61. The van der Waals surface area contributed by atoms with Gasteiger partial charge in [0.2, 0.25) is 0 Å². The fourth-order valence-corrected chi connectivity index (χ4v) is 2.59. The van der Waals surface area contributed by atoms with Gasteiger partial charge in [0, 0.05) is 11.4 Å². The largest absolute Gasteiger partial charge is 0.340 e. The van der Waals surface area contributed by atoms with Gasteiger partial charge in [-0.2, -0.15) is 5.26 Å². The van der Waals surface area contributed by atoms with Crippen LogP contribution in [0.4, 0.5) is 11.5 Å². The smallest absolute Gasteiger partial charge is 0.131 e. The molecule has 3 rings (SSSR count). The normalized spacial score (nSPS) is 10.3. The summed E-state index contributed by atoms with van der Waals surface area (Å²) in [6.07, 6.45) is 0. The second-order valence-electron chi connectivity index (χ2n) is 4.15. The molecule has 0 unspecified atom stereocenters. The Morgan fingerprint density at radius 2 is 2.16 bits per heavy atom. The van der Waals surface area contributed by atoms with Gasteiger partial charge in [0.05, 0.1) is 27.4 Å². The molecule has 0 bridgehead atoms. The molecule has 0 amide bonds. The summed E-state index contributed by atoms with van der Waals surface area (Å²) in [6, 6.07) is 11.6. The summed E-state index contributed by atoms with van der Waals surface area (Å²) in [7, 11) is 0. The summed E-state index contributed by atoms with van der Waals surface area (Å²) >= 11 is 1.60. The van der Waals surface area contributed by atoms with Gasteiger partial charge in [0.1, 0.15) is 5.82 Å². The van der Waals surface area contributed by atoms with Crippen molar-refractivity contribution in [2.45, 2.75) is 6.92 Å². The van der Waals surface area contributed by atoms with Gasteiger partial charge in [-0.25, -0.2) is 9.97 Å². The third kappa shape index (κ3) is 2.39. The van der Waals surface area contributed by atoms with E-state index in [-0.39, 0.29) is 0 Å². The van der Waals surface area contributed by atoms with E-state index < -0.39 is 0 Å². The molecule has 92 valence electrons. The first kappa shape index (κ1) is 11.6. The van der Waals surface area contributed by atoms with Crippen molar-refractivity contribution in [3.63, 3.8) is 0 Å². The van der Waals surface area contributed by atoms with Crippen LogP contribution in [0, 0.1) is 18.3 Å². The maximum Gasteiger partial charge on any atom is 0.131 e. The minimum atomic E-state index is 0.605. The van der Waals surface area contributed by atoms with E-state index in [1.165, 1.54) is 0 Å². The molecule has 0 aliphatic carbocycles. The number of aromatic nitrogens is 2. The van der Waals surface area contributed by atoms with E-state index in [4.69, 9.17) is 5.26 Å². The highest BCUT2D eigenvalue weighted by Crippen LogP contribution is 2.24. The maximum absolute atomic E-state index is 8.95. The second kappa shape index (κ2) is 4.67. The van der Waals surface area contributed by atoms with Crippen LogP contribution in [-0.2, 0) is 0 Å². The van der Waals surface area contributed by atoms with Gasteiger partial charge in [-0.05, 0) is 37.3 Å². The molecule has 0 saturated heterocycles. The summed E-state index contributed by atoms with van der Waals surface area (Å²) in [4.78, 5) is 8.61. The zero-order chi connectivity index (χ0) is 13.2. The first-order valence-electron chi connectivity index (χ1n) is 5.74. The molecule has 0 saturated carbocycles. The fraction of sp³-hybridized carbons (Fsp3) is 0.0714. The van der Waals surface area contributed by atoms with Crippen LogP contribution in [0.25, 0.3) is 10.2 Å². The van der Waals surface area contributed by atoms with Crippen LogP contribution in [0.3, 0.4) is 0 Å². The van der Waals surface area contributed by atoms with E-state index in [9.17, 15) is 0 Å². The molecular formula is C14H10N4S. The molecule has 2 heterocycles. The van der Waals surface area contributed by atoms with E-state index in [0.717, 1.165) is 21.6 Å². The van der Waals surface area contributed by atoms with Crippen molar-refractivity contribution in [2.24, 2.45) is 0 Å². The average Bonchev–Trinajstić information content (AvgIpc) is 2.85. The van der Waals surface area contributed by atoms with Crippen LogP contribution in [0.1, 0.15) is 11.3 Å². The Balaban J connectivity index is 1.96. The highest BCUT2D eigenvalue weighted by Gasteiger charge is 2.02. The number of hydrogen-bond acceptors (Lipinski definition) is 5. The second-order valence-corrected chi connectivity index (χ2v) is 5.04. The Morgan fingerprint density at radius 1 is 1.26 bits per heavy atom. The Hall–Kier alpha value is -2.45. The standard InChI is InChI=1S/C14H10N4S/c1-9-4-10(7-15)5-14(17-9)18-11-2-3-12-13(6-11)19-8-16-12/h2-6,8H,1H3,(H,17,18). The Bertz CT molecular complexity index is 785. The van der Waals surface area contributed by atoms with Gasteiger partial charge in [-0.1, -0.05) is 0 Å². The lowest BCUT2D eigenvalue weighted by atomic mass is 10.2. The summed E-state index contributed by atoms with van der Waals surface area (Å²) in [5.41, 5.74) is 5.19. The van der Waals surface area contributed by atoms with E-state index in [0.29, 0.717) is 11.4 Å². The number of benzene rings is 1. The van der Waals surface area contributed by atoms with Crippen molar-refractivity contribution in [2.75, 3.05) is 5.32 Å². The lowest BCUT2D eigenvalue weighted by molar-refractivity contribution is 1.19. The minimum absolute atomic E-state index is 0.605. The summed E-state index contributed by atoms with van der Waals surface area (Å²) in [6.45, 7) is 1.87. The average molecular weight is 266 g/mol. The topological polar surface area (TPSA) is 61.6 Å². The number of fused-ring (bicyclic) bond motifs is 1. The molecule has 0 aliphatic heterocycles. The monoisotopic (exact) mass is 266 g/mol. The van der Waals surface area contributed by atoms with Gasteiger partial charge < -0.3 is 5.32 Å². The number of hydrogen-bond donors (Lipinski definition) is 1. The SMILES string of the molecule is Cc1cc(C#N)cc(Nc2ccc3ncsc3c2)n1. The number of rotatable bonds is 2. The summed E-state index contributed by atoms with van der Waals surface area (Å²) < 4.78 is 1.12. The van der Waals surface area contributed by atoms with Crippen LogP contribution in [-0.4, -0.2) is 9.97 Å². The molecule has 0 radical (unpaired) electrons. The summed E-state index contributed by atoms with van der Waals surface area (Å²) in [5, 5.41) is 12.2. The number of nitriles is 1. The van der Waals surface area contributed by atoms with Crippen LogP contribution >= 0.6 is 11.3 Å². The van der Waals surface area contributed by atoms with Gasteiger partial charge in [0.25, 0.3) is 0 Å². The molecule has 19 heavy (non-hydrogen) atoms. The lowest BCUT2D eigenvalue weighted by Gasteiger charge is -2.06. The van der Waals surface area contributed by atoms with E-state index in [1.54, 1.807) is 23.5 Å². The van der Waals surface area contributed by atoms with E-state index >= 15 is 0 Å². The number of nitrogens with one attached hydrogen (secondary N) is 1. The molecule has 0 aliphatic rings. The van der Waals surface area contributed by atoms with Crippen molar-refractivity contribution in [1.29, 1.82) is 5.26 Å². The Labute approximate surface area is 114 Å². The third-order valence-electron chi connectivity index (χ3n) is 2.69. The number of nitrogens with zero attached hydrogens (tertiary/aromatic N) is 3. The molecule has 1 N–H and O–H groups in total. The zero-order valence-corrected chi connectivity index (χ0v) is 11.0. The molecule has 5 heteroatoms. The highest BCUT2D eigenvalue weighted by molar-refractivity contribution is 7.16. The number of thiazole rings is 1. The molecule has 0 spiro atoms. The van der Waals surface area contributed by atoms with Crippen molar-refractivity contribution in [3.05, 3.63) is 47.1 Å². The van der Waals surface area contributed by atoms with Crippen LogP contribution in [0.5, 0.6) is 0 Å². The van der Waals surface area contributed by atoms with E-state index in [1.807, 2.05) is 30.6 Å².